The number of anilines is 1. The first-order chi connectivity index (χ1) is 10.1. The largest absolute Gasteiger partial charge is 0.461 e. The molecule has 2 aromatic carbocycles. The fourth-order valence-electron chi connectivity index (χ4n) is 2.30. The Morgan fingerprint density at radius 3 is 2.95 bits per heavy atom. The van der Waals surface area contributed by atoms with Gasteiger partial charge in [-0.15, -0.1) is 11.8 Å². The zero-order chi connectivity index (χ0) is 14.8. The maximum atomic E-state index is 13.1. The number of nitrogens with two attached hydrogens (primary N) is 1. The minimum absolute atomic E-state index is 0.0498. The highest BCUT2D eigenvalue weighted by atomic mass is 32.2. The van der Waals surface area contributed by atoms with Gasteiger partial charge in [-0.1, -0.05) is 18.2 Å². The molecule has 3 rings (SSSR count). The van der Waals surface area contributed by atoms with E-state index in [0.717, 1.165) is 5.75 Å². The normalized spacial score (nSPS) is 16.5. The van der Waals surface area contributed by atoms with Crippen LogP contribution in [-0.2, 0) is 4.74 Å². The Kier molecular flexibility index (Phi) is 3.84. The third kappa shape index (κ3) is 2.88. The molecule has 1 aliphatic rings. The maximum Gasteiger partial charge on any atom is 0.338 e. The molecule has 0 saturated carbocycles. The van der Waals surface area contributed by atoms with Gasteiger partial charge in [0.25, 0.3) is 0 Å². The van der Waals surface area contributed by atoms with Gasteiger partial charge in [-0.05, 0) is 29.8 Å². The summed E-state index contributed by atoms with van der Waals surface area (Å²) in [6.07, 6.45) is 0. The second kappa shape index (κ2) is 5.77. The van der Waals surface area contributed by atoms with Crippen LogP contribution >= 0.6 is 11.8 Å². The summed E-state index contributed by atoms with van der Waals surface area (Å²) in [7, 11) is 0. The number of benzene rings is 2. The van der Waals surface area contributed by atoms with Crippen molar-refractivity contribution >= 4 is 23.4 Å². The molecular formula is C16H14FNO2S. The van der Waals surface area contributed by atoms with E-state index in [9.17, 15) is 9.18 Å². The monoisotopic (exact) mass is 303 g/mol. The van der Waals surface area contributed by atoms with Gasteiger partial charge >= 0.3 is 5.97 Å². The van der Waals surface area contributed by atoms with Crippen molar-refractivity contribution in [1.29, 1.82) is 0 Å². The van der Waals surface area contributed by atoms with Crippen LogP contribution in [0.25, 0.3) is 0 Å². The summed E-state index contributed by atoms with van der Waals surface area (Å²) < 4.78 is 18.4. The van der Waals surface area contributed by atoms with Gasteiger partial charge < -0.3 is 10.5 Å². The number of hydrogen-bond donors (Lipinski definition) is 1. The molecule has 0 radical (unpaired) electrons. The van der Waals surface area contributed by atoms with Gasteiger partial charge in [-0.25, -0.2) is 9.18 Å². The molecule has 2 N–H and O–H groups in total. The van der Waals surface area contributed by atoms with Gasteiger partial charge in [-0.2, -0.15) is 0 Å². The predicted octanol–water partition coefficient (Wildman–Crippen LogP) is 3.45. The van der Waals surface area contributed by atoms with Crippen molar-refractivity contribution in [3.63, 3.8) is 0 Å². The van der Waals surface area contributed by atoms with Crippen molar-refractivity contribution in [1.82, 2.24) is 0 Å². The molecule has 1 atom stereocenters. The highest BCUT2D eigenvalue weighted by molar-refractivity contribution is 7.99. The number of hydrogen-bond acceptors (Lipinski definition) is 4. The van der Waals surface area contributed by atoms with Crippen LogP contribution in [0.3, 0.4) is 0 Å². The molecule has 108 valence electrons. The van der Waals surface area contributed by atoms with Gasteiger partial charge in [0.05, 0.1) is 17.9 Å². The molecule has 0 amide bonds. The lowest BCUT2D eigenvalue weighted by molar-refractivity contribution is 0.0487. The highest BCUT2D eigenvalue weighted by Crippen LogP contribution is 2.39. The molecule has 0 saturated heterocycles. The van der Waals surface area contributed by atoms with Crippen molar-refractivity contribution in [2.75, 3.05) is 18.1 Å². The Labute approximate surface area is 126 Å². The number of nitrogen functional groups attached to an aromatic ring is 1. The van der Waals surface area contributed by atoms with Crippen molar-refractivity contribution in [3.8, 4) is 0 Å². The van der Waals surface area contributed by atoms with Crippen molar-refractivity contribution in [2.24, 2.45) is 0 Å². The second-order valence-electron chi connectivity index (χ2n) is 4.88. The van der Waals surface area contributed by atoms with Crippen LogP contribution in [0.5, 0.6) is 0 Å². The minimum atomic E-state index is -0.535. The molecule has 2 aromatic rings. The second-order valence-corrected chi connectivity index (χ2v) is 5.94. The number of carbonyl (C=O) groups is 1. The first-order valence-corrected chi connectivity index (χ1v) is 7.57. The van der Waals surface area contributed by atoms with Crippen LogP contribution in [0.4, 0.5) is 10.1 Å². The van der Waals surface area contributed by atoms with E-state index in [2.05, 4.69) is 12.1 Å². The first-order valence-electron chi connectivity index (χ1n) is 6.59. The maximum absolute atomic E-state index is 13.1. The lowest BCUT2D eigenvalue weighted by Crippen LogP contribution is -2.13. The first kappa shape index (κ1) is 13.9. The zero-order valence-electron chi connectivity index (χ0n) is 11.2. The number of rotatable bonds is 3. The van der Waals surface area contributed by atoms with Gasteiger partial charge in [0.1, 0.15) is 5.82 Å². The van der Waals surface area contributed by atoms with E-state index in [1.807, 2.05) is 12.1 Å². The average Bonchev–Trinajstić information content (AvgIpc) is 2.91. The topological polar surface area (TPSA) is 52.3 Å². The Hall–Kier alpha value is -2.01. The van der Waals surface area contributed by atoms with Crippen LogP contribution in [-0.4, -0.2) is 18.3 Å². The molecular weight excluding hydrogens is 289 g/mol. The van der Waals surface area contributed by atoms with Gasteiger partial charge in [-0.3, -0.25) is 0 Å². The Balaban J connectivity index is 1.66. The standard InChI is InChI=1S/C16H14FNO2S/c17-13-6-5-10(7-14(13)18)16(19)20-8-11-9-21-15-4-2-1-3-12(11)15/h1-7,11H,8-9,18H2. The lowest BCUT2D eigenvalue weighted by atomic mass is 10.0. The van der Waals surface area contributed by atoms with Gasteiger partial charge in [0.15, 0.2) is 0 Å². The molecule has 1 aliphatic heterocycles. The number of carbonyl (C=O) groups excluding carboxylic acids is 1. The Morgan fingerprint density at radius 1 is 1.33 bits per heavy atom. The summed E-state index contributed by atoms with van der Waals surface area (Å²) in [6.45, 7) is 0.320. The number of fused-ring (bicyclic) bond motifs is 1. The summed E-state index contributed by atoms with van der Waals surface area (Å²) >= 11 is 1.77. The van der Waals surface area contributed by atoms with E-state index in [-0.39, 0.29) is 17.2 Å². The summed E-state index contributed by atoms with van der Waals surface area (Å²) in [4.78, 5) is 13.2. The number of ether oxygens (including phenoxy) is 1. The molecule has 0 aliphatic carbocycles. The van der Waals surface area contributed by atoms with E-state index in [1.165, 1.54) is 28.7 Å². The molecule has 0 spiro atoms. The third-order valence-corrected chi connectivity index (χ3v) is 4.70. The van der Waals surface area contributed by atoms with Crippen LogP contribution in [0, 0.1) is 5.82 Å². The molecule has 0 fully saturated rings. The fourth-order valence-corrected chi connectivity index (χ4v) is 3.53. The average molecular weight is 303 g/mol. The van der Waals surface area contributed by atoms with Gasteiger partial charge in [0.2, 0.25) is 0 Å². The van der Waals surface area contributed by atoms with Crippen LogP contribution in [0.2, 0.25) is 0 Å². The minimum Gasteiger partial charge on any atom is -0.461 e. The van der Waals surface area contributed by atoms with Crippen molar-refractivity contribution in [3.05, 3.63) is 59.4 Å². The Morgan fingerprint density at radius 2 is 2.14 bits per heavy atom. The fraction of sp³-hybridized carbons (Fsp3) is 0.188. The van der Waals surface area contributed by atoms with E-state index < -0.39 is 11.8 Å². The summed E-state index contributed by atoms with van der Waals surface area (Å²) in [5.74, 6) is 0.0924. The van der Waals surface area contributed by atoms with Crippen molar-refractivity contribution in [2.45, 2.75) is 10.8 Å². The Bertz CT molecular complexity index is 690. The molecule has 1 heterocycles. The zero-order valence-corrected chi connectivity index (χ0v) is 12.0. The molecule has 3 nitrogen and oxygen atoms in total. The van der Waals surface area contributed by atoms with Gasteiger partial charge in [0, 0.05) is 16.6 Å². The molecule has 0 bridgehead atoms. The van der Waals surface area contributed by atoms with Crippen LogP contribution in [0.15, 0.2) is 47.4 Å². The van der Waals surface area contributed by atoms with E-state index in [4.69, 9.17) is 10.5 Å². The van der Waals surface area contributed by atoms with E-state index >= 15 is 0 Å². The number of esters is 1. The summed E-state index contributed by atoms with van der Waals surface area (Å²) in [5.41, 5.74) is 6.89. The number of thioether (sulfide) groups is 1. The van der Waals surface area contributed by atoms with E-state index in [0.29, 0.717) is 6.61 Å². The summed E-state index contributed by atoms with van der Waals surface area (Å²) in [6, 6.07) is 12.0. The third-order valence-electron chi connectivity index (χ3n) is 3.45. The van der Waals surface area contributed by atoms with E-state index in [1.54, 1.807) is 11.8 Å². The lowest BCUT2D eigenvalue weighted by Gasteiger charge is -2.11. The van der Waals surface area contributed by atoms with Crippen LogP contribution in [0.1, 0.15) is 21.8 Å². The SMILES string of the molecule is Nc1cc(C(=O)OCC2CSc3ccccc32)ccc1F. The predicted molar refractivity (Wildman–Crippen MR) is 81.0 cm³/mol. The molecule has 0 aromatic heterocycles. The summed E-state index contributed by atoms with van der Waals surface area (Å²) in [5, 5.41) is 0. The smallest absolute Gasteiger partial charge is 0.338 e. The molecule has 21 heavy (non-hydrogen) atoms. The quantitative estimate of drug-likeness (QED) is 0.697. The van der Waals surface area contributed by atoms with Crippen molar-refractivity contribution < 1.29 is 13.9 Å². The molecule has 1 unspecified atom stereocenters. The molecule has 5 heteroatoms. The van der Waals surface area contributed by atoms with Crippen LogP contribution < -0.4 is 5.73 Å². The number of halogens is 1. The highest BCUT2D eigenvalue weighted by Gasteiger charge is 2.24.